The predicted molar refractivity (Wildman–Crippen MR) is 111 cm³/mol. The van der Waals surface area contributed by atoms with E-state index in [2.05, 4.69) is 20.4 Å². The van der Waals surface area contributed by atoms with Crippen LogP contribution in [-0.4, -0.2) is 94.6 Å². The SMILES string of the molecule is O=P(O)(O)CP(=O)(O)OCC1OC(c2cnc3c(N[C@@H]4CCOC4)nc(Cl)nn23)C(O)C1O. The van der Waals surface area contributed by atoms with Gasteiger partial charge in [0.15, 0.2) is 17.4 Å². The van der Waals surface area contributed by atoms with Crippen LogP contribution in [0.4, 0.5) is 5.82 Å². The maximum absolute atomic E-state index is 11.9. The van der Waals surface area contributed by atoms with Crippen molar-refractivity contribution in [2.75, 3.05) is 31.0 Å². The molecule has 6 N–H and O–H groups in total. The molecule has 0 aliphatic carbocycles. The fraction of sp³-hybridized carbons (Fsp3) is 0.667. The standard InChI is InChI=1S/C15H22ClN5O10P2/c16-15-19-13(18-7-1-2-29-4-7)14-17-3-8(21(14)20-15)12-11(23)10(22)9(31-12)5-30-33(27,28)6-32(24,25)26/h3,7,9-12,22-23H,1-2,4-6H2,(H,27,28)(H,18,19,20)(H2,24,25,26)/t7-,9?,10?,11?,12?/m1/s1. The number of nitrogens with zero attached hydrogens (tertiary/aromatic N) is 4. The number of anilines is 1. The second-order valence-electron chi connectivity index (χ2n) is 7.67. The summed E-state index contributed by atoms with van der Waals surface area (Å²) in [6.07, 6.45) is -3.37. The van der Waals surface area contributed by atoms with Crippen LogP contribution in [0.15, 0.2) is 6.20 Å². The second-order valence-corrected chi connectivity index (χ2v) is 12.0. The third kappa shape index (κ3) is 5.72. The Kier molecular flexibility index (Phi) is 7.12. The van der Waals surface area contributed by atoms with Crippen molar-refractivity contribution >= 4 is 38.3 Å². The number of nitrogens with one attached hydrogen (secondary N) is 1. The number of aliphatic hydroxyl groups is 2. The Hall–Kier alpha value is -1.22. The minimum atomic E-state index is -4.82. The number of aliphatic hydroxyl groups excluding tert-OH is 2. The van der Waals surface area contributed by atoms with Gasteiger partial charge in [-0.25, -0.2) is 9.50 Å². The van der Waals surface area contributed by atoms with Crippen LogP contribution >= 0.6 is 26.8 Å². The van der Waals surface area contributed by atoms with Gasteiger partial charge in [0.2, 0.25) is 5.28 Å². The average molecular weight is 530 g/mol. The van der Waals surface area contributed by atoms with Gasteiger partial charge in [0.25, 0.3) is 0 Å². The van der Waals surface area contributed by atoms with Crippen molar-refractivity contribution in [3.05, 3.63) is 17.2 Å². The Morgan fingerprint density at radius 3 is 2.70 bits per heavy atom. The maximum Gasteiger partial charge on any atom is 0.340 e. The number of halogens is 1. The molecule has 2 aliphatic heterocycles. The van der Waals surface area contributed by atoms with Crippen molar-refractivity contribution in [3.63, 3.8) is 0 Å². The van der Waals surface area contributed by atoms with E-state index >= 15 is 0 Å². The van der Waals surface area contributed by atoms with Crippen molar-refractivity contribution in [2.45, 2.75) is 36.9 Å². The van der Waals surface area contributed by atoms with Crippen LogP contribution in [-0.2, 0) is 23.1 Å². The quantitative estimate of drug-likeness (QED) is 0.237. The van der Waals surface area contributed by atoms with Crippen molar-refractivity contribution in [3.8, 4) is 0 Å². The zero-order valence-corrected chi connectivity index (χ0v) is 19.4. The summed E-state index contributed by atoms with van der Waals surface area (Å²) in [5.41, 5.74) is 0.504. The van der Waals surface area contributed by atoms with Gasteiger partial charge in [-0.2, -0.15) is 4.98 Å². The van der Waals surface area contributed by atoms with Gasteiger partial charge in [-0.3, -0.25) is 9.13 Å². The summed E-state index contributed by atoms with van der Waals surface area (Å²) in [4.78, 5) is 35.8. The Balaban J connectivity index is 1.53. The first kappa shape index (κ1) is 24.9. The lowest BCUT2D eigenvalue weighted by atomic mass is 10.1. The first-order chi connectivity index (χ1) is 15.4. The largest absolute Gasteiger partial charge is 0.387 e. The fourth-order valence-electron chi connectivity index (χ4n) is 3.60. The first-order valence-corrected chi connectivity index (χ1v) is 13.7. The Labute approximate surface area is 191 Å². The van der Waals surface area contributed by atoms with Gasteiger partial charge >= 0.3 is 15.2 Å². The van der Waals surface area contributed by atoms with E-state index in [0.29, 0.717) is 19.0 Å². The Morgan fingerprint density at radius 1 is 1.27 bits per heavy atom. The van der Waals surface area contributed by atoms with Crippen LogP contribution < -0.4 is 5.32 Å². The number of imidazole rings is 1. The van der Waals surface area contributed by atoms with E-state index in [4.69, 9.17) is 35.4 Å². The zero-order chi connectivity index (χ0) is 24.0. The lowest BCUT2D eigenvalue weighted by molar-refractivity contribution is -0.0204. The second kappa shape index (κ2) is 9.44. The molecule has 18 heteroatoms. The number of aromatic nitrogens is 4. The van der Waals surface area contributed by atoms with Crippen LogP contribution in [0.3, 0.4) is 0 Å². The molecule has 6 atom stereocenters. The van der Waals surface area contributed by atoms with E-state index in [-0.39, 0.29) is 22.7 Å². The summed E-state index contributed by atoms with van der Waals surface area (Å²) >= 11 is 6.05. The normalized spacial score (nSPS) is 30.1. The fourth-order valence-corrected chi connectivity index (χ4v) is 6.33. The molecule has 0 bridgehead atoms. The molecule has 0 saturated carbocycles. The predicted octanol–water partition coefficient (Wildman–Crippen LogP) is -0.523. The number of fused-ring (bicyclic) bond motifs is 1. The molecule has 2 aromatic rings. The van der Waals surface area contributed by atoms with Crippen molar-refractivity contribution < 1.29 is 48.0 Å². The smallest absolute Gasteiger partial charge is 0.340 e. The summed E-state index contributed by atoms with van der Waals surface area (Å²) in [5, 5.41) is 28.0. The lowest BCUT2D eigenvalue weighted by Gasteiger charge is -2.18. The molecule has 0 aromatic carbocycles. The van der Waals surface area contributed by atoms with Crippen molar-refractivity contribution in [1.29, 1.82) is 0 Å². The van der Waals surface area contributed by atoms with Crippen LogP contribution in [0.5, 0.6) is 0 Å². The molecule has 5 unspecified atom stereocenters. The summed E-state index contributed by atoms with van der Waals surface area (Å²) in [6, 6.07) is -0.00101. The first-order valence-electron chi connectivity index (χ1n) is 9.71. The third-order valence-corrected chi connectivity index (χ3v) is 8.71. The highest BCUT2D eigenvalue weighted by atomic mass is 35.5. The maximum atomic E-state index is 11.9. The molecule has 2 aromatic heterocycles. The van der Waals surface area contributed by atoms with Gasteiger partial charge in [-0.1, -0.05) is 0 Å². The van der Waals surface area contributed by atoms with Crippen LogP contribution in [0.1, 0.15) is 18.2 Å². The molecule has 2 fully saturated rings. The van der Waals surface area contributed by atoms with Gasteiger partial charge in [-0.05, 0) is 18.0 Å². The van der Waals surface area contributed by atoms with E-state index < -0.39 is 52.1 Å². The number of rotatable bonds is 8. The van der Waals surface area contributed by atoms with E-state index in [1.165, 1.54) is 10.7 Å². The van der Waals surface area contributed by atoms with Crippen molar-refractivity contribution in [1.82, 2.24) is 19.6 Å². The molecular formula is C15H22ClN5O10P2. The third-order valence-electron chi connectivity index (χ3n) is 5.09. The van der Waals surface area contributed by atoms with E-state index in [1.807, 2.05) is 0 Å². The molecule has 4 heterocycles. The van der Waals surface area contributed by atoms with Gasteiger partial charge in [0, 0.05) is 6.61 Å². The minimum Gasteiger partial charge on any atom is -0.387 e. The van der Waals surface area contributed by atoms with Crippen molar-refractivity contribution in [2.24, 2.45) is 0 Å². The number of ether oxygens (including phenoxy) is 2. The zero-order valence-electron chi connectivity index (χ0n) is 16.8. The van der Waals surface area contributed by atoms with Gasteiger partial charge in [-0.15, -0.1) is 5.10 Å². The molecule has 4 rings (SSSR count). The summed E-state index contributed by atoms with van der Waals surface area (Å²) in [6.45, 7) is 0.380. The minimum absolute atomic E-state index is 0.00101. The van der Waals surface area contributed by atoms with Crippen LogP contribution in [0.25, 0.3) is 5.65 Å². The van der Waals surface area contributed by atoms with Crippen LogP contribution in [0.2, 0.25) is 5.28 Å². The van der Waals surface area contributed by atoms with E-state index in [9.17, 15) is 24.2 Å². The molecule has 2 aliphatic rings. The van der Waals surface area contributed by atoms with Gasteiger partial charge in [0.05, 0.1) is 31.1 Å². The lowest BCUT2D eigenvalue weighted by Crippen LogP contribution is -2.33. The molecule has 0 spiro atoms. The van der Waals surface area contributed by atoms with Gasteiger partial charge < -0.3 is 44.2 Å². The average Bonchev–Trinajstić information content (AvgIpc) is 3.40. The van der Waals surface area contributed by atoms with E-state index in [1.54, 1.807) is 0 Å². The number of hydrogen-bond donors (Lipinski definition) is 6. The summed E-state index contributed by atoms with van der Waals surface area (Å²) in [7, 11) is -9.49. The van der Waals surface area contributed by atoms with Gasteiger partial charge in [0.1, 0.15) is 24.4 Å². The number of hydrogen-bond acceptors (Lipinski definition) is 11. The summed E-state index contributed by atoms with van der Waals surface area (Å²) < 4.78 is 39.8. The molecule has 2 saturated heterocycles. The summed E-state index contributed by atoms with van der Waals surface area (Å²) in [5.74, 6) is -1.05. The highest BCUT2D eigenvalue weighted by Crippen LogP contribution is 2.55. The molecule has 15 nitrogen and oxygen atoms in total. The highest BCUT2D eigenvalue weighted by molar-refractivity contribution is 7.70. The highest BCUT2D eigenvalue weighted by Gasteiger charge is 2.46. The van der Waals surface area contributed by atoms with E-state index in [0.717, 1.165) is 6.42 Å². The Morgan fingerprint density at radius 2 is 2.03 bits per heavy atom. The topological polar surface area (TPSA) is 218 Å². The van der Waals surface area contributed by atoms with Crippen LogP contribution in [0, 0.1) is 0 Å². The molecule has 0 radical (unpaired) electrons. The molecule has 0 amide bonds. The molecular weight excluding hydrogens is 508 g/mol. The molecule has 33 heavy (non-hydrogen) atoms. The monoisotopic (exact) mass is 529 g/mol. The molecule has 184 valence electrons. The Bertz CT molecular complexity index is 1110.